The van der Waals surface area contributed by atoms with Crippen molar-refractivity contribution in [2.24, 2.45) is 0 Å². The summed E-state index contributed by atoms with van der Waals surface area (Å²) in [5.41, 5.74) is 0. The molecule has 12 unspecified atom stereocenters. The lowest BCUT2D eigenvalue weighted by molar-refractivity contribution is -0.258. The Labute approximate surface area is 233 Å². The smallest absolute Gasteiger partial charge is 0.390 e. The van der Waals surface area contributed by atoms with Crippen molar-refractivity contribution in [3.05, 3.63) is 0 Å². The van der Waals surface area contributed by atoms with Crippen molar-refractivity contribution >= 4 is 17.9 Å². The Kier molecular flexibility index (Phi) is 8.35. The number of carbonyl (C=O) groups excluding carboxylic acids is 3. The first-order valence-electron chi connectivity index (χ1n) is 14.8. The number of hydrogen-bond acceptors (Lipinski definition) is 12. The second kappa shape index (κ2) is 11.8. The van der Waals surface area contributed by atoms with E-state index in [1.54, 1.807) is 0 Å². The van der Waals surface area contributed by atoms with Crippen molar-refractivity contribution < 1.29 is 57.0 Å². The number of epoxide rings is 6. The Bertz CT molecular complexity index is 839. The fourth-order valence-corrected chi connectivity index (χ4v) is 5.65. The third kappa shape index (κ3) is 7.71. The Balaban J connectivity index is 0.939. The van der Waals surface area contributed by atoms with E-state index in [0.29, 0.717) is 0 Å². The number of carbonyl (C=O) groups is 3. The van der Waals surface area contributed by atoms with Gasteiger partial charge in [-0.3, -0.25) is 14.4 Å². The van der Waals surface area contributed by atoms with Gasteiger partial charge in [0.1, 0.15) is 0 Å². The summed E-state index contributed by atoms with van der Waals surface area (Å²) in [6.07, 6.45) is 5.10. The summed E-state index contributed by atoms with van der Waals surface area (Å²) in [6, 6.07) is 0. The molecule has 6 heterocycles. The Morgan fingerprint density at radius 2 is 0.700 bits per heavy atom. The van der Waals surface area contributed by atoms with E-state index in [0.717, 1.165) is 38.5 Å². The molecule has 12 atom stereocenters. The minimum atomic E-state index is -1.79. The molecule has 40 heavy (non-hydrogen) atoms. The molecule has 0 aromatic rings. The van der Waals surface area contributed by atoms with Gasteiger partial charge in [0.25, 0.3) is 0 Å². The molecule has 6 saturated heterocycles. The van der Waals surface area contributed by atoms with Crippen molar-refractivity contribution in [2.45, 2.75) is 158 Å². The Hall–Kier alpha value is -1.83. The highest BCUT2D eigenvalue weighted by atomic mass is 16.9. The zero-order chi connectivity index (χ0) is 28.0. The minimum Gasteiger partial charge on any atom is -0.390 e. The summed E-state index contributed by atoms with van der Waals surface area (Å²) in [5, 5.41) is 0. The van der Waals surface area contributed by atoms with E-state index < -0.39 is 24.4 Å². The highest BCUT2D eigenvalue weighted by Crippen LogP contribution is 2.40. The third-order valence-corrected chi connectivity index (χ3v) is 8.51. The van der Waals surface area contributed by atoms with Crippen molar-refractivity contribution in [1.82, 2.24) is 0 Å². The molecule has 6 aliphatic heterocycles. The summed E-state index contributed by atoms with van der Waals surface area (Å²) in [4.78, 5) is 37.8. The van der Waals surface area contributed by atoms with Crippen LogP contribution in [0.1, 0.15) is 78.6 Å². The predicted octanol–water partition coefficient (Wildman–Crippen LogP) is 2.07. The molecule has 6 fully saturated rings. The number of hydrogen-bond donors (Lipinski definition) is 0. The molecular weight excluding hydrogens is 528 g/mol. The maximum absolute atomic E-state index is 12.6. The molecule has 6 aliphatic rings. The zero-order valence-electron chi connectivity index (χ0n) is 23.3. The zero-order valence-corrected chi connectivity index (χ0v) is 23.3. The van der Waals surface area contributed by atoms with E-state index in [1.807, 2.05) is 0 Å². The molecule has 0 amide bonds. The largest absolute Gasteiger partial charge is 0.412 e. The standard InChI is InChI=1S/C28H40O12/c1-4-13-16(32-13)7-19-22(35-19)10-25(29)38-28(39-26(30)11-23-20(36-23)8-17-14(5-2)33-17)40-27(31)12-24-21(37-24)9-18-15(6-3)34-18/h13-24,28H,4-12H2,1-3H3. The van der Waals surface area contributed by atoms with Gasteiger partial charge in [0.2, 0.25) is 0 Å². The van der Waals surface area contributed by atoms with E-state index in [-0.39, 0.29) is 92.5 Å². The van der Waals surface area contributed by atoms with Gasteiger partial charge in [0.15, 0.2) is 0 Å². The molecular formula is C28H40O12. The molecule has 0 aliphatic carbocycles. The lowest BCUT2D eigenvalue weighted by atomic mass is 10.1. The summed E-state index contributed by atoms with van der Waals surface area (Å²) in [5.74, 6) is -2.05. The highest BCUT2D eigenvalue weighted by molar-refractivity contribution is 5.74. The van der Waals surface area contributed by atoms with Gasteiger partial charge in [0.05, 0.1) is 92.5 Å². The normalized spacial score (nSPS) is 42.4. The monoisotopic (exact) mass is 568 g/mol. The number of esters is 3. The quantitative estimate of drug-likeness (QED) is 0.135. The topological polar surface area (TPSA) is 154 Å². The summed E-state index contributed by atoms with van der Waals surface area (Å²) >= 11 is 0. The van der Waals surface area contributed by atoms with Gasteiger partial charge >= 0.3 is 24.4 Å². The molecule has 0 aromatic carbocycles. The lowest BCUT2D eigenvalue weighted by Gasteiger charge is -2.17. The molecule has 6 rings (SSSR count). The van der Waals surface area contributed by atoms with Crippen LogP contribution < -0.4 is 0 Å². The molecule has 0 bridgehead atoms. The van der Waals surface area contributed by atoms with Crippen LogP contribution in [0.25, 0.3) is 0 Å². The van der Waals surface area contributed by atoms with Crippen molar-refractivity contribution in [3.8, 4) is 0 Å². The average Bonchev–Trinajstić information content (AvgIpc) is 3.71. The second-order valence-corrected chi connectivity index (χ2v) is 11.6. The molecule has 0 saturated carbocycles. The van der Waals surface area contributed by atoms with Crippen LogP contribution in [-0.2, 0) is 57.0 Å². The predicted molar refractivity (Wildman–Crippen MR) is 133 cm³/mol. The van der Waals surface area contributed by atoms with Gasteiger partial charge in [-0.2, -0.15) is 0 Å². The van der Waals surface area contributed by atoms with Crippen LogP contribution in [-0.4, -0.2) is 97.6 Å². The Morgan fingerprint density at radius 3 is 0.950 bits per heavy atom. The fourth-order valence-electron chi connectivity index (χ4n) is 5.65. The van der Waals surface area contributed by atoms with Crippen LogP contribution in [0.15, 0.2) is 0 Å². The van der Waals surface area contributed by atoms with E-state index in [1.165, 1.54) is 0 Å². The van der Waals surface area contributed by atoms with Crippen LogP contribution in [0, 0.1) is 0 Å². The maximum Gasteiger partial charge on any atom is 0.412 e. The van der Waals surface area contributed by atoms with Crippen LogP contribution >= 0.6 is 0 Å². The third-order valence-electron chi connectivity index (χ3n) is 8.51. The van der Waals surface area contributed by atoms with Crippen molar-refractivity contribution in [3.63, 3.8) is 0 Å². The van der Waals surface area contributed by atoms with Crippen molar-refractivity contribution in [2.75, 3.05) is 0 Å². The van der Waals surface area contributed by atoms with Gasteiger partial charge in [-0.1, -0.05) is 20.8 Å². The van der Waals surface area contributed by atoms with Crippen LogP contribution in [0.4, 0.5) is 0 Å². The van der Waals surface area contributed by atoms with Gasteiger partial charge in [-0.15, -0.1) is 0 Å². The van der Waals surface area contributed by atoms with E-state index in [2.05, 4.69) is 20.8 Å². The van der Waals surface area contributed by atoms with Gasteiger partial charge in [-0.25, -0.2) is 0 Å². The molecule has 0 N–H and O–H groups in total. The lowest BCUT2D eigenvalue weighted by Crippen LogP contribution is -2.31. The second-order valence-electron chi connectivity index (χ2n) is 11.6. The first-order chi connectivity index (χ1) is 19.3. The number of rotatable bonds is 18. The first kappa shape index (κ1) is 28.3. The molecule has 0 spiro atoms. The highest BCUT2D eigenvalue weighted by Gasteiger charge is 2.51. The SMILES string of the molecule is CCC1OC1CC1OC1CC(=O)OC(OC(=O)CC1OC1CC1OC1CC)OC(=O)CC1OC1CC1OC1CC. The van der Waals surface area contributed by atoms with Gasteiger partial charge in [-0.05, 0) is 19.3 Å². The van der Waals surface area contributed by atoms with E-state index in [4.69, 9.17) is 42.6 Å². The molecule has 12 heteroatoms. The van der Waals surface area contributed by atoms with Crippen LogP contribution in [0.2, 0.25) is 0 Å². The summed E-state index contributed by atoms with van der Waals surface area (Å²) in [7, 11) is 0. The molecule has 12 nitrogen and oxygen atoms in total. The minimum absolute atomic E-state index is 0.0403. The fraction of sp³-hybridized carbons (Fsp3) is 0.893. The number of ether oxygens (including phenoxy) is 9. The molecule has 0 aromatic heterocycles. The van der Waals surface area contributed by atoms with E-state index >= 15 is 0 Å². The first-order valence-corrected chi connectivity index (χ1v) is 14.8. The summed E-state index contributed by atoms with van der Waals surface area (Å²) in [6.45, 7) is 4.40. The van der Waals surface area contributed by atoms with Gasteiger partial charge < -0.3 is 42.6 Å². The Morgan fingerprint density at radius 1 is 0.450 bits per heavy atom. The summed E-state index contributed by atoms with van der Waals surface area (Å²) < 4.78 is 49.1. The average molecular weight is 569 g/mol. The van der Waals surface area contributed by atoms with Gasteiger partial charge in [0, 0.05) is 19.3 Å². The molecule has 224 valence electrons. The van der Waals surface area contributed by atoms with E-state index in [9.17, 15) is 14.4 Å². The van der Waals surface area contributed by atoms with Crippen LogP contribution in [0.5, 0.6) is 0 Å². The van der Waals surface area contributed by atoms with Crippen LogP contribution in [0.3, 0.4) is 0 Å². The maximum atomic E-state index is 12.6. The molecule has 0 radical (unpaired) electrons. The van der Waals surface area contributed by atoms with Crippen molar-refractivity contribution in [1.29, 1.82) is 0 Å².